The number of rotatable bonds is 1. The summed E-state index contributed by atoms with van der Waals surface area (Å²) in [5.41, 5.74) is 1.55. The van der Waals surface area contributed by atoms with E-state index in [0.29, 0.717) is 35.9 Å². The van der Waals surface area contributed by atoms with E-state index < -0.39 is 15.9 Å². The highest BCUT2D eigenvalue weighted by Crippen LogP contribution is 2.43. The van der Waals surface area contributed by atoms with Crippen molar-refractivity contribution in [3.05, 3.63) is 71.2 Å². The van der Waals surface area contributed by atoms with Crippen LogP contribution in [0.2, 0.25) is 0 Å². The smallest absolute Gasteiger partial charge is 0.281 e. The van der Waals surface area contributed by atoms with Crippen LogP contribution in [-0.2, 0) is 15.4 Å². The van der Waals surface area contributed by atoms with Crippen LogP contribution < -0.4 is 14.9 Å². The largest absolute Gasteiger partial charge is 0.362 e. The van der Waals surface area contributed by atoms with Crippen molar-refractivity contribution in [2.45, 2.75) is 76.4 Å². The summed E-state index contributed by atoms with van der Waals surface area (Å²) in [5.74, 6) is 0.485. The Bertz CT molecular complexity index is 1670. The quantitative estimate of drug-likeness (QED) is 0.404. The summed E-state index contributed by atoms with van der Waals surface area (Å²) in [7, 11) is -4.31. The lowest BCUT2D eigenvalue weighted by Gasteiger charge is -2.34. The standard InChI is InChI=1S/C31H37N7O3S/c1-19-14-24(23-15-20(17-32)12-13-33-23)34-26-8-7-9-27(36-26)42(40,41)37-29(39)22-10-11-25(30(2,3)4)35-28(22)38-18-21(19)16-31(38,5)6/h7-13,15,19,21,24H,14,16,18H2,1-6H3,(H,34,36)(H,37,39)/t19-,21-,24?/m0/s1. The lowest BCUT2D eigenvalue weighted by atomic mass is 9.83. The summed E-state index contributed by atoms with van der Waals surface area (Å²) >= 11 is 0. The van der Waals surface area contributed by atoms with Gasteiger partial charge in [0, 0.05) is 29.4 Å². The molecule has 1 saturated heterocycles. The highest BCUT2D eigenvalue weighted by molar-refractivity contribution is 7.90. The fraction of sp³-hybridized carbons (Fsp3) is 0.452. The molecule has 42 heavy (non-hydrogen) atoms. The van der Waals surface area contributed by atoms with E-state index in [1.807, 2.05) is 0 Å². The second-order valence-electron chi connectivity index (χ2n) is 13.0. The van der Waals surface area contributed by atoms with Crippen LogP contribution in [0, 0.1) is 23.2 Å². The number of hydrogen-bond donors (Lipinski definition) is 2. The number of nitriles is 1. The van der Waals surface area contributed by atoms with Crippen LogP contribution >= 0.6 is 0 Å². The molecule has 0 spiro atoms. The van der Waals surface area contributed by atoms with E-state index >= 15 is 0 Å². The van der Waals surface area contributed by atoms with Crippen LogP contribution in [0.25, 0.3) is 0 Å². The molecule has 1 amide bonds. The number of amides is 1. The number of hydrogen-bond acceptors (Lipinski definition) is 9. The summed E-state index contributed by atoms with van der Waals surface area (Å²) < 4.78 is 29.1. The molecule has 3 aromatic rings. The Balaban J connectivity index is 1.66. The Labute approximate surface area is 247 Å². The van der Waals surface area contributed by atoms with Gasteiger partial charge in [-0.05, 0) is 74.9 Å². The zero-order valence-electron chi connectivity index (χ0n) is 24.8. The second-order valence-corrected chi connectivity index (χ2v) is 14.6. The molecule has 0 aliphatic carbocycles. The molecule has 2 N–H and O–H groups in total. The van der Waals surface area contributed by atoms with Crippen LogP contribution in [0.4, 0.5) is 11.6 Å². The van der Waals surface area contributed by atoms with Crippen molar-refractivity contribution in [3.63, 3.8) is 0 Å². The topological polar surface area (TPSA) is 141 Å². The molecule has 2 aliphatic heterocycles. The van der Waals surface area contributed by atoms with E-state index in [9.17, 15) is 18.5 Å². The highest BCUT2D eigenvalue weighted by atomic mass is 32.2. The number of fused-ring (bicyclic) bond motifs is 6. The van der Waals surface area contributed by atoms with E-state index in [4.69, 9.17) is 4.98 Å². The highest BCUT2D eigenvalue weighted by Gasteiger charge is 2.43. The second kappa shape index (κ2) is 10.7. The molecule has 1 fully saturated rings. The molecule has 11 heteroatoms. The van der Waals surface area contributed by atoms with Gasteiger partial charge in [0.25, 0.3) is 15.9 Å². The predicted molar refractivity (Wildman–Crippen MR) is 160 cm³/mol. The molecule has 0 radical (unpaired) electrons. The van der Waals surface area contributed by atoms with Crippen molar-refractivity contribution in [2.75, 3.05) is 16.8 Å². The maximum Gasteiger partial charge on any atom is 0.281 e. The minimum Gasteiger partial charge on any atom is -0.362 e. The fourth-order valence-electron chi connectivity index (χ4n) is 5.88. The molecule has 2 aliphatic rings. The van der Waals surface area contributed by atoms with Gasteiger partial charge in [0.15, 0.2) is 5.03 Å². The minimum atomic E-state index is -4.31. The third-order valence-electron chi connectivity index (χ3n) is 8.28. The van der Waals surface area contributed by atoms with Crippen molar-refractivity contribution in [1.29, 1.82) is 5.26 Å². The van der Waals surface area contributed by atoms with Crippen molar-refractivity contribution in [2.24, 2.45) is 11.8 Å². The maximum atomic E-state index is 13.6. The van der Waals surface area contributed by atoms with Gasteiger partial charge in [0.2, 0.25) is 0 Å². The number of carbonyl (C=O) groups is 1. The number of sulfonamides is 1. The lowest BCUT2D eigenvalue weighted by molar-refractivity contribution is 0.0981. The first-order valence-corrected chi connectivity index (χ1v) is 15.6. The number of anilines is 2. The number of nitrogens with one attached hydrogen (secondary N) is 2. The van der Waals surface area contributed by atoms with E-state index in [1.54, 1.807) is 42.6 Å². The number of pyridine rings is 3. The fourth-order valence-corrected chi connectivity index (χ4v) is 6.82. The van der Waals surface area contributed by atoms with Gasteiger partial charge in [-0.1, -0.05) is 33.8 Å². The van der Waals surface area contributed by atoms with Crippen molar-refractivity contribution < 1.29 is 13.2 Å². The normalized spacial score (nSPS) is 23.4. The Hall–Kier alpha value is -4.04. The zero-order chi connectivity index (χ0) is 30.4. The van der Waals surface area contributed by atoms with Crippen molar-refractivity contribution in [3.8, 4) is 6.07 Å². The maximum absolute atomic E-state index is 13.6. The van der Waals surface area contributed by atoms with Crippen LogP contribution in [0.3, 0.4) is 0 Å². The summed E-state index contributed by atoms with van der Waals surface area (Å²) in [6.45, 7) is 13.3. The van der Waals surface area contributed by atoms with E-state index in [1.165, 1.54) is 6.07 Å². The Morgan fingerprint density at radius 1 is 1.12 bits per heavy atom. The molecule has 0 aromatic carbocycles. The zero-order valence-corrected chi connectivity index (χ0v) is 25.7. The first-order valence-electron chi connectivity index (χ1n) is 14.1. The van der Waals surface area contributed by atoms with E-state index in [0.717, 1.165) is 12.1 Å². The Morgan fingerprint density at radius 3 is 2.60 bits per heavy atom. The summed E-state index contributed by atoms with van der Waals surface area (Å²) in [4.78, 5) is 29.7. The summed E-state index contributed by atoms with van der Waals surface area (Å²) in [5, 5.41) is 12.6. The average Bonchev–Trinajstić information content (AvgIpc) is 3.26. The molecule has 3 aromatic heterocycles. The molecule has 10 nitrogen and oxygen atoms in total. The summed E-state index contributed by atoms with van der Waals surface area (Å²) in [6.07, 6.45) is 3.12. The van der Waals surface area contributed by atoms with Gasteiger partial charge in [-0.2, -0.15) is 13.7 Å². The molecular formula is C31H37N7O3S. The van der Waals surface area contributed by atoms with E-state index in [-0.39, 0.29) is 39.4 Å². The Kier molecular flexibility index (Phi) is 7.47. The third-order valence-corrected chi connectivity index (χ3v) is 9.51. The minimum absolute atomic E-state index is 0.194. The number of carbonyl (C=O) groups excluding carboxylic acids is 1. The molecular weight excluding hydrogens is 550 g/mol. The molecule has 1 unspecified atom stereocenters. The van der Waals surface area contributed by atoms with Crippen molar-refractivity contribution in [1.82, 2.24) is 19.7 Å². The third kappa shape index (κ3) is 5.81. The molecule has 5 rings (SSSR count). The predicted octanol–water partition coefficient (Wildman–Crippen LogP) is 4.96. The van der Waals surface area contributed by atoms with E-state index in [2.05, 4.69) is 72.5 Å². The molecule has 4 bridgehead atoms. The van der Waals surface area contributed by atoms with Crippen LogP contribution in [0.5, 0.6) is 0 Å². The van der Waals surface area contributed by atoms with Gasteiger partial charge in [-0.15, -0.1) is 0 Å². The SMILES string of the molecule is C[C@H]1CC(c2cc(C#N)ccn2)Nc2cccc(n2)S(=O)(=O)NC(=O)c2ccc(C(C)(C)C)nc2N2C[C@@H]1CC2(C)C. The van der Waals surface area contributed by atoms with Gasteiger partial charge in [0.1, 0.15) is 11.6 Å². The molecule has 3 atom stereocenters. The average molecular weight is 588 g/mol. The Morgan fingerprint density at radius 2 is 1.88 bits per heavy atom. The first-order chi connectivity index (χ1) is 19.7. The van der Waals surface area contributed by atoms with Crippen molar-refractivity contribution >= 4 is 27.6 Å². The van der Waals surface area contributed by atoms with Crippen LogP contribution in [-0.4, -0.2) is 41.4 Å². The van der Waals surface area contributed by atoms with Gasteiger partial charge < -0.3 is 10.2 Å². The molecule has 0 saturated carbocycles. The van der Waals surface area contributed by atoms with Crippen LogP contribution in [0.1, 0.15) is 87.7 Å². The molecule has 220 valence electrons. The summed E-state index contributed by atoms with van der Waals surface area (Å²) in [6, 6.07) is 13.3. The van der Waals surface area contributed by atoms with Gasteiger partial charge >= 0.3 is 0 Å². The lowest BCUT2D eigenvalue weighted by Crippen LogP contribution is -2.41. The van der Waals surface area contributed by atoms with Gasteiger partial charge in [-0.3, -0.25) is 9.78 Å². The first kappa shape index (κ1) is 29.5. The van der Waals surface area contributed by atoms with Gasteiger partial charge in [0.05, 0.1) is 28.9 Å². The van der Waals surface area contributed by atoms with Crippen LogP contribution in [0.15, 0.2) is 53.7 Å². The monoisotopic (exact) mass is 587 g/mol. The number of aromatic nitrogens is 3. The van der Waals surface area contributed by atoms with Gasteiger partial charge in [-0.25, -0.2) is 14.7 Å². The molecule has 5 heterocycles. The number of nitrogens with zero attached hydrogens (tertiary/aromatic N) is 5.